The maximum Gasteiger partial charge on any atom is 2.00 e. The van der Waals surface area contributed by atoms with Crippen molar-refractivity contribution < 1.29 is 108 Å². The van der Waals surface area contributed by atoms with Crippen LogP contribution in [0.25, 0.3) is 0 Å². The van der Waals surface area contributed by atoms with Gasteiger partial charge in [-0.3, -0.25) is 0 Å². The summed E-state index contributed by atoms with van der Waals surface area (Å²) in [4.78, 5) is 65.1. The Labute approximate surface area is 286 Å². The fourth-order valence-corrected chi connectivity index (χ4v) is 3.83. The minimum Gasteiger partial charge on any atom is -0.545 e. The summed E-state index contributed by atoms with van der Waals surface area (Å²) in [7, 11) is 0. The van der Waals surface area contributed by atoms with Gasteiger partial charge in [0.2, 0.25) is 0 Å². The van der Waals surface area contributed by atoms with E-state index in [0.717, 1.165) is 12.1 Å². The van der Waals surface area contributed by atoms with Crippen LogP contribution in [-0.2, 0) is 46.6 Å². The fourth-order valence-electron chi connectivity index (χ4n) is 3.83. The Morgan fingerprint density at radius 3 is 0.878 bits per heavy atom. The van der Waals surface area contributed by atoms with E-state index in [1.165, 1.54) is 58.2 Å². The second-order valence-corrected chi connectivity index (χ2v) is 9.13. The van der Waals surface area contributed by atoms with Gasteiger partial charge < -0.3 is 71.7 Å². The fraction of sp³-hybridized carbons (Fsp3) is 0.0667. The molecule has 0 fully saturated rings. The molecule has 0 aliphatic rings. The first kappa shape index (κ1) is 47.3. The van der Waals surface area contributed by atoms with Crippen molar-refractivity contribution in [3.63, 3.8) is 0 Å². The minimum atomic E-state index is -1.50. The minimum absolute atomic E-state index is 0. The van der Waals surface area contributed by atoms with Crippen LogP contribution in [0.15, 0.2) is 85.5 Å². The number of carbonyl (C=O) groups excluding carboxylic acids is 4. The van der Waals surface area contributed by atoms with Crippen molar-refractivity contribution in [2.24, 2.45) is 0 Å². The molecule has 13 N–H and O–H groups in total. The van der Waals surface area contributed by atoms with Crippen molar-refractivity contribution in [1.29, 1.82) is 0 Å². The first-order valence-electron chi connectivity index (χ1n) is 12.3. The van der Waals surface area contributed by atoms with E-state index >= 15 is 0 Å². The third-order valence-corrected chi connectivity index (χ3v) is 5.92. The number of nitrogens with zero attached hydrogens (tertiary/aromatic N) is 2. The monoisotopic (exact) mass is 738 g/mol. The van der Waals surface area contributed by atoms with Crippen LogP contribution in [-0.4, -0.2) is 51.5 Å². The van der Waals surface area contributed by atoms with Crippen LogP contribution in [0.4, 0.5) is 0 Å². The summed E-state index contributed by atoms with van der Waals surface area (Å²) in [5, 5.41) is 61.2. The number of hydrogen-bond acceptors (Lipinski definition) is 10. The van der Waals surface area contributed by atoms with Gasteiger partial charge in [-0.1, -0.05) is 24.3 Å². The van der Waals surface area contributed by atoms with E-state index in [-0.39, 0.29) is 85.4 Å². The van der Waals surface area contributed by atoms with Crippen LogP contribution in [0.1, 0.15) is 73.3 Å². The number of benzene rings is 2. The molecule has 0 saturated carbocycles. The van der Waals surface area contributed by atoms with Gasteiger partial charge in [0, 0.05) is 11.1 Å². The molecular formula is C30H31CuN2O16+3. The summed E-state index contributed by atoms with van der Waals surface area (Å²) < 4.78 is 2.71. The molecule has 2 heterocycles. The molecule has 4 aromatic rings. The molecule has 2 aromatic carbocycles. The quantitative estimate of drug-likeness (QED) is 0.0871. The third-order valence-electron chi connectivity index (χ3n) is 5.92. The molecule has 0 aliphatic heterocycles. The molecule has 2 aromatic heterocycles. The zero-order chi connectivity index (χ0) is 32.6. The number of hydrogen-bond donors (Lipinski definition) is 2. The van der Waals surface area contributed by atoms with Gasteiger partial charge in [0.15, 0.2) is 37.9 Å². The zero-order valence-corrected chi connectivity index (χ0v) is 25.8. The van der Waals surface area contributed by atoms with E-state index in [2.05, 4.69) is 0 Å². The maximum absolute atomic E-state index is 10.9. The number of carbonyl (C=O) groups is 6. The Balaban J connectivity index is -0.000000784. The van der Waals surface area contributed by atoms with Crippen LogP contribution in [0, 0.1) is 0 Å². The van der Waals surface area contributed by atoms with Gasteiger partial charge in [-0.05, 0) is 36.4 Å². The van der Waals surface area contributed by atoms with Crippen molar-refractivity contribution >= 4 is 35.8 Å². The van der Waals surface area contributed by atoms with E-state index < -0.39 is 35.8 Å². The molecule has 0 bridgehead atoms. The average Bonchev–Trinajstić information content (AvgIpc) is 2.97. The average molecular weight is 739 g/mol. The van der Waals surface area contributed by atoms with Gasteiger partial charge in [0.25, 0.3) is 0 Å². The van der Waals surface area contributed by atoms with Gasteiger partial charge >= 0.3 is 29.0 Å². The summed E-state index contributed by atoms with van der Waals surface area (Å²) in [6.07, 6.45) is 4.92. The second-order valence-electron chi connectivity index (χ2n) is 9.13. The Hall–Kier alpha value is -6.08. The summed E-state index contributed by atoms with van der Waals surface area (Å²) in [6, 6.07) is 13.7. The van der Waals surface area contributed by atoms with Crippen LogP contribution in [0.5, 0.6) is 0 Å². The molecule has 18 nitrogen and oxygen atoms in total. The smallest absolute Gasteiger partial charge is 0.545 e. The normalized spacial score (nSPS) is 9.14. The van der Waals surface area contributed by atoms with Gasteiger partial charge in [0.1, 0.15) is 0 Å². The molecule has 0 aliphatic carbocycles. The van der Waals surface area contributed by atoms with Crippen molar-refractivity contribution in [3.05, 3.63) is 130 Å². The molecule has 0 amide bonds. The third kappa shape index (κ3) is 13.7. The molecule has 0 unspecified atom stereocenters. The topological polar surface area (TPSA) is 373 Å². The molecular weight excluding hydrogens is 708 g/mol. The van der Waals surface area contributed by atoms with Gasteiger partial charge in [0.05, 0.1) is 57.3 Å². The molecule has 1 radical (unpaired) electrons. The predicted octanol–water partition coefficient (Wildman–Crippen LogP) is -6.70. The molecule has 0 saturated heterocycles. The van der Waals surface area contributed by atoms with Crippen LogP contribution < -0.4 is 29.6 Å². The Morgan fingerprint density at radius 1 is 0.469 bits per heavy atom. The summed E-state index contributed by atoms with van der Waals surface area (Å²) in [6.45, 7) is 0.336. The van der Waals surface area contributed by atoms with Gasteiger partial charge in [-0.25, -0.2) is 9.59 Å². The maximum atomic E-state index is 10.9. The number of aromatic carboxylic acids is 6. The molecule has 0 spiro atoms. The predicted molar refractivity (Wildman–Crippen MR) is 154 cm³/mol. The molecule has 4 rings (SSSR count). The molecule has 0 atom stereocenters. The van der Waals surface area contributed by atoms with Crippen LogP contribution in [0.2, 0.25) is 0 Å². The summed E-state index contributed by atoms with van der Waals surface area (Å²) in [5.41, 5.74) is 0.435. The first-order chi connectivity index (χ1) is 20.7. The summed E-state index contributed by atoms with van der Waals surface area (Å²) in [5.74, 6) is -8.12. The van der Waals surface area contributed by atoms with Gasteiger partial charge in [-0.15, -0.1) is 0 Å². The Kier molecular flexibility index (Phi) is 20.2. The standard InChI is InChI=1S/2C15H11NO6.Cu.4H2O/c2*17-13(18)10-3-1-9(2-4-10)6-16-7-11(14(19)20)5-12(8-16)15(21)22;;;;;/h2*1-5,7-8H,6H2,(H2-,17,18,19,20,21,22);;4*1H2/q;;+2;;;;/p+1. The van der Waals surface area contributed by atoms with E-state index in [1.807, 2.05) is 0 Å². The van der Waals surface area contributed by atoms with E-state index in [0.29, 0.717) is 11.1 Å². The largest absolute Gasteiger partial charge is 2.00 e. The van der Waals surface area contributed by atoms with Crippen molar-refractivity contribution in [1.82, 2.24) is 0 Å². The van der Waals surface area contributed by atoms with Crippen molar-refractivity contribution in [2.45, 2.75) is 13.1 Å². The van der Waals surface area contributed by atoms with Crippen molar-refractivity contribution in [2.75, 3.05) is 0 Å². The van der Waals surface area contributed by atoms with E-state index in [4.69, 9.17) is 10.2 Å². The number of pyridine rings is 2. The van der Waals surface area contributed by atoms with Gasteiger partial charge in [-0.2, -0.15) is 9.13 Å². The van der Waals surface area contributed by atoms with Crippen LogP contribution in [0.3, 0.4) is 0 Å². The van der Waals surface area contributed by atoms with E-state index in [9.17, 15) is 49.2 Å². The Morgan fingerprint density at radius 2 is 0.694 bits per heavy atom. The van der Waals surface area contributed by atoms with E-state index in [1.54, 1.807) is 24.3 Å². The van der Waals surface area contributed by atoms with Crippen LogP contribution >= 0.6 is 0 Å². The zero-order valence-electron chi connectivity index (χ0n) is 24.9. The van der Waals surface area contributed by atoms with Crippen molar-refractivity contribution in [3.8, 4) is 0 Å². The number of aromatic nitrogens is 2. The summed E-state index contributed by atoms with van der Waals surface area (Å²) >= 11 is 0. The number of rotatable bonds is 10. The molecule has 49 heavy (non-hydrogen) atoms. The second kappa shape index (κ2) is 20.9. The Bertz CT molecular complexity index is 1580. The SMILES string of the molecule is O.O=C([O-])c1cc(C(=O)[O-])c[n+](Cc2ccc(C(=O)O)cc2)c1.O=C([O-])c1cc(C(=O)[O-])c[n+](Cc2ccc(C(=O)O)cc2)c1.[Cu+2].[OH3+].[OH3+].[OH3+]. The first-order valence-corrected chi connectivity index (χ1v) is 12.3. The molecule has 265 valence electrons. The number of carboxylic acid groups (broad SMARTS) is 6. The molecule has 19 heteroatoms. The number of carboxylic acids is 6.